The van der Waals surface area contributed by atoms with Crippen LogP contribution < -0.4 is 10.6 Å². The maximum Gasteiger partial charge on any atom is 0.226 e. The van der Waals surface area contributed by atoms with Gasteiger partial charge in [0.2, 0.25) is 5.95 Å². The number of nitrogens with zero attached hydrogens (tertiary/aromatic N) is 3. The molecule has 0 unspecified atom stereocenters. The van der Waals surface area contributed by atoms with Crippen LogP contribution in [0.3, 0.4) is 0 Å². The lowest BCUT2D eigenvalue weighted by atomic mass is 10.3. The fourth-order valence-corrected chi connectivity index (χ4v) is 2.14. The van der Waals surface area contributed by atoms with Gasteiger partial charge in [0.15, 0.2) is 5.65 Å². The molecule has 0 saturated heterocycles. The van der Waals surface area contributed by atoms with Gasteiger partial charge in [0.05, 0.1) is 11.6 Å². The smallest absolute Gasteiger partial charge is 0.226 e. The Morgan fingerprint density at radius 3 is 3.00 bits per heavy atom. The number of aromatic nitrogens is 4. The summed E-state index contributed by atoms with van der Waals surface area (Å²) in [5.41, 5.74) is 1.55. The zero-order chi connectivity index (χ0) is 14.7. The lowest BCUT2D eigenvalue weighted by Gasteiger charge is -2.09. The molecule has 108 valence electrons. The second-order valence-corrected chi connectivity index (χ2v) is 5.03. The molecule has 0 bridgehead atoms. The van der Waals surface area contributed by atoms with Gasteiger partial charge in [-0.25, -0.2) is 0 Å². The van der Waals surface area contributed by atoms with Crippen LogP contribution in [-0.2, 0) is 0 Å². The van der Waals surface area contributed by atoms with Gasteiger partial charge in [-0.05, 0) is 24.6 Å². The molecule has 1 aromatic carbocycles. The van der Waals surface area contributed by atoms with Crippen molar-refractivity contribution in [2.45, 2.75) is 13.3 Å². The molecule has 6 nitrogen and oxygen atoms in total. The van der Waals surface area contributed by atoms with Crippen LogP contribution in [0.5, 0.6) is 0 Å². The van der Waals surface area contributed by atoms with E-state index in [0.29, 0.717) is 22.4 Å². The number of H-pyrrole nitrogens is 1. The molecule has 7 heteroatoms. The number of hydrogen-bond acceptors (Lipinski definition) is 5. The standard InChI is InChI=1S/C14H15ClN6/c1-2-6-16-14-19-12(11-8-17-21-13(11)20-14)18-10-5-3-4-9(15)7-10/h3-5,7-8H,2,6H2,1H3,(H3,16,17,18,19,20,21). The van der Waals surface area contributed by atoms with Crippen molar-refractivity contribution < 1.29 is 0 Å². The summed E-state index contributed by atoms with van der Waals surface area (Å²) in [6, 6.07) is 7.48. The monoisotopic (exact) mass is 302 g/mol. The summed E-state index contributed by atoms with van der Waals surface area (Å²) < 4.78 is 0. The molecule has 0 aliphatic carbocycles. The van der Waals surface area contributed by atoms with Gasteiger partial charge in [-0.1, -0.05) is 24.6 Å². The fourth-order valence-electron chi connectivity index (χ4n) is 1.95. The number of anilines is 3. The number of rotatable bonds is 5. The molecule has 0 aliphatic rings. The van der Waals surface area contributed by atoms with E-state index >= 15 is 0 Å². The quantitative estimate of drug-likeness (QED) is 0.671. The summed E-state index contributed by atoms with van der Waals surface area (Å²) in [5, 5.41) is 14.8. The van der Waals surface area contributed by atoms with E-state index in [4.69, 9.17) is 11.6 Å². The van der Waals surface area contributed by atoms with Gasteiger partial charge < -0.3 is 10.6 Å². The third kappa shape index (κ3) is 3.05. The maximum absolute atomic E-state index is 6.00. The van der Waals surface area contributed by atoms with Crippen molar-refractivity contribution in [1.82, 2.24) is 20.2 Å². The summed E-state index contributed by atoms with van der Waals surface area (Å²) in [4.78, 5) is 8.89. The summed E-state index contributed by atoms with van der Waals surface area (Å²) in [7, 11) is 0. The van der Waals surface area contributed by atoms with Crippen molar-refractivity contribution in [2.75, 3.05) is 17.2 Å². The van der Waals surface area contributed by atoms with Gasteiger partial charge >= 0.3 is 0 Å². The molecule has 2 heterocycles. The van der Waals surface area contributed by atoms with Crippen LogP contribution in [0.1, 0.15) is 13.3 Å². The Morgan fingerprint density at radius 2 is 2.19 bits per heavy atom. The number of halogens is 1. The molecule has 0 spiro atoms. The predicted octanol–water partition coefficient (Wildman–Crippen LogP) is 3.57. The zero-order valence-corrected chi connectivity index (χ0v) is 12.3. The third-order valence-electron chi connectivity index (χ3n) is 2.93. The minimum absolute atomic E-state index is 0.568. The van der Waals surface area contributed by atoms with Crippen LogP contribution in [0, 0.1) is 0 Å². The average molecular weight is 303 g/mol. The van der Waals surface area contributed by atoms with Crippen molar-refractivity contribution in [3.8, 4) is 0 Å². The molecule has 0 radical (unpaired) electrons. The molecule has 0 saturated carbocycles. The van der Waals surface area contributed by atoms with E-state index < -0.39 is 0 Å². The molecular weight excluding hydrogens is 288 g/mol. The topological polar surface area (TPSA) is 78.5 Å². The van der Waals surface area contributed by atoms with Crippen molar-refractivity contribution in [3.63, 3.8) is 0 Å². The SMILES string of the molecule is CCCNc1nc(Nc2cccc(Cl)c2)c2cn[nH]c2n1. The van der Waals surface area contributed by atoms with Crippen molar-refractivity contribution >= 4 is 40.1 Å². The average Bonchev–Trinajstić information content (AvgIpc) is 2.94. The molecule has 0 amide bonds. The van der Waals surface area contributed by atoms with Crippen molar-refractivity contribution in [3.05, 3.63) is 35.5 Å². The van der Waals surface area contributed by atoms with Crippen LogP contribution in [0.25, 0.3) is 11.0 Å². The molecule has 0 atom stereocenters. The Labute approximate surface area is 127 Å². The van der Waals surface area contributed by atoms with E-state index in [1.54, 1.807) is 6.20 Å². The molecule has 2 aromatic heterocycles. The second-order valence-electron chi connectivity index (χ2n) is 4.59. The van der Waals surface area contributed by atoms with Crippen LogP contribution in [0.15, 0.2) is 30.5 Å². The van der Waals surface area contributed by atoms with E-state index in [1.165, 1.54) is 0 Å². The van der Waals surface area contributed by atoms with E-state index in [2.05, 4.69) is 37.7 Å². The highest BCUT2D eigenvalue weighted by molar-refractivity contribution is 6.30. The fraction of sp³-hybridized carbons (Fsp3) is 0.214. The number of nitrogens with one attached hydrogen (secondary N) is 3. The Bertz CT molecular complexity index is 754. The maximum atomic E-state index is 6.00. The predicted molar refractivity (Wildman–Crippen MR) is 85.2 cm³/mol. The first kappa shape index (κ1) is 13.6. The van der Waals surface area contributed by atoms with Crippen molar-refractivity contribution in [1.29, 1.82) is 0 Å². The molecule has 0 aliphatic heterocycles. The summed E-state index contributed by atoms with van der Waals surface area (Å²) in [6.45, 7) is 2.91. The molecule has 0 fully saturated rings. The first-order chi connectivity index (χ1) is 10.3. The number of fused-ring (bicyclic) bond motifs is 1. The number of aromatic amines is 1. The number of hydrogen-bond donors (Lipinski definition) is 3. The zero-order valence-electron chi connectivity index (χ0n) is 11.5. The van der Waals surface area contributed by atoms with E-state index in [1.807, 2.05) is 24.3 Å². The minimum Gasteiger partial charge on any atom is -0.354 e. The largest absolute Gasteiger partial charge is 0.354 e. The summed E-state index contributed by atoms with van der Waals surface area (Å²) in [6.07, 6.45) is 2.70. The highest BCUT2D eigenvalue weighted by Gasteiger charge is 2.09. The van der Waals surface area contributed by atoms with Gasteiger partial charge in [-0.3, -0.25) is 5.10 Å². The first-order valence-corrected chi connectivity index (χ1v) is 7.11. The highest BCUT2D eigenvalue weighted by atomic mass is 35.5. The molecule has 3 aromatic rings. The lowest BCUT2D eigenvalue weighted by molar-refractivity contribution is 0.955. The Hall–Kier alpha value is -2.34. The summed E-state index contributed by atoms with van der Waals surface area (Å²) >= 11 is 6.00. The van der Waals surface area contributed by atoms with Crippen LogP contribution >= 0.6 is 11.6 Å². The summed E-state index contributed by atoms with van der Waals surface area (Å²) in [5.74, 6) is 1.26. The minimum atomic E-state index is 0.568. The normalized spacial score (nSPS) is 10.8. The van der Waals surface area contributed by atoms with E-state index in [9.17, 15) is 0 Å². The van der Waals surface area contributed by atoms with Gasteiger partial charge in [0, 0.05) is 17.3 Å². The first-order valence-electron chi connectivity index (χ1n) is 6.74. The van der Waals surface area contributed by atoms with Gasteiger partial charge in [-0.15, -0.1) is 0 Å². The Kier molecular flexibility index (Phi) is 3.87. The van der Waals surface area contributed by atoms with Crippen LogP contribution in [-0.4, -0.2) is 26.7 Å². The van der Waals surface area contributed by atoms with Gasteiger partial charge in [0.1, 0.15) is 5.82 Å². The molecule has 3 rings (SSSR count). The molecular formula is C14H15ClN6. The number of benzene rings is 1. The van der Waals surface area contributed by atoms with Gasteiger partial charge in [-0.2, -0.15) is 15.1 Å². The Morgan fingerprint density at radius 1 is 1.29 bits per heavy atom. The highest BCUT2D eigenvalue weighted by Crippen LogP contribution is 2.25. The second kappa shape index (κ2) is 5.97. The Balaban J connectivity index is 1.97. The van der Waals surface area contributed by atoms with E-state index in [-0.39, 0.29) is 0 Å². The van der Waals surface area contributed by atoms with Crippen LogP contribution in [0.2, 0.25) is 5.02 Å². The molecule has 3 N–H and O–H groups in total. The van der Waals surface area contributed by atoms with E-state index in [0.717, 1.165) is 24.0 Å². The van der Waals surface area contributed by atoms with Crippen LogP contribution in [0.4, 0.5) is 17.5 Å². The lowest BCUT2D eigenvalue weighted by Crippen LogP contribution is -2.06. The van der Waals surface area contributed by atoms with Gasteiger partial charge in [0.25, 0.3) is 0 Å². The molecule has 21 heavy (non-hydrogen) atoms. The van der Waals surface area contributed by atoms with Crippen molar-refractivity contribution in [2.24, 2.45) is 0 Å². The third-order valence-corrected chi connectivity index (χ3v) is 3.17.